The summed E-state index contributed by atoms with van der Waals surface area (Å²) in [7, 11) is -3.62. The third-order valence-corrected chi connectivity index (χ3v) is 8.54. The maximum absolute atomic E-state index is 13.3. The van der Waals surface area contributed by atoms with Gasteiger partial charge in [0.1, 0.15) is 0 Å². The first-order valence-corrected chi connectivity index (χ1v) is 12.3. The van der Waals surface area contributed by atoms with Crippen molar-refractivity contribution in [2.45, 2.75) is 45.1 Å². The fraction of sp³-hybridized carbons (Fsp3) is 0.417. The summed E-state index contributed by atoms with van der Waals surface area (Å²) >= 11 is 0. The second-order valence-electron chi connectivity index (χ2n) is 8.79. The Morgan fingerprint density at radius 3 is 1.94 bits per heavy atom. The Labute approximate surface area is 189 Å². The van der Waals surface area contributed by atoms with Crippen molar-refractivity contribution in [1.82, 2.24) is 9.21 Å². The highest BCUT2D eigenvalue weighted by atomic mass is 32.2. The largest absolute Gasteiger partial charge is 0.289 e. The molecule has 7 nitrogen and oxygen atoms in total. The van der Waals surface area contributed by atoms with Crippen LogP contribution in [0.1, 0.15) is 28.7 Å². The number of amides is 2. The summed E-state index contributed by atoms with van der Waals surface area (Å²) in [6.07, 6.45) is 0.121. The number of hydrogen-bond donors (Lipinski definition) is 0. The molecule has 0 radical (unpaired) electrons. The van der Waals surface area contributed by atoms with Gasteiger partial charge in [-0.3, -0.25) is 14.5 Å². The van der Waals surface area contributed by atoms with E-state index in [9.17, 15) is 18.0 Å². The molecule has 4 rings (SSSR count). The number of nitrogens with zero attached hydrogens (tertiary/aromatic N) is 3. The molecule has 2 aromatic carbocycles. The minimum atomic E-state index is -3.62. The topological polar surface area (TPSA) is 78.0 Å². The van der Waals surface area contributed by atoms with Crippen LogP contribution < -0.4 is 4.90 Å². The molecule has 2 aromatic rings. The minimum absolute atomic E-state index is 0.121. The van der Waals surface area contributed by atoms with Crippen molar-refractivity contribution >= 4 is 27.5 Å². The normalized spacial score (nSPS) is 20.9. The average Bonchev–Trinajstić information content (AvgIpc) is 3.02. The maximum Gasteiger partial charge on any atom is 0.251 e. The lowest BCUT2D eigenvalue weighted by Gasteiger charge is -2.36. The molecular weight excluding hydrogens is 426 g/mol. The fourth-order valence-corrected chi connectivity index (χ4v) is 6.66. The van der Waals surface area contributed by atoms with E-state index in [-0.39, 0.29) is 31.3 Å². The van der Waals surface area contributed by atoms with Crippen LogP contribution in [-0.2, 0) is 19.6 Å². The minimum Gasteiger partial charge on any atom is -0.289 e. The predicted molar refractivity (Wildman–Crippen MR) is 123 cm³/mol. The first-order chi connectivity index (χ1) is 15.1. The van der Waals surface area contributed by atoms with E-state index >= 15 is 0 Å². The third kappa shape index (κ3) is 3.98. The summed E-state index contributed by atoms with van der Waals surface area (Å²) in [6.45, 7) is 8.96. The molecule has 0 aromatic heterocycles. The zero-order valence-electron chi connectivity index (χ0n) is 19.0. The van der Waals surface area contributed by atoms with Gasteiger partial charge in [0.05, 0.1) is 23.0 Å². The van der Waals surface area contributed by atoms with E-state index in [4.69, 9.17) is 0 Å². The summed E-state index contributed by atoms with van der Waals surface area (Å²) in [5, 5.41) is 0. The van der Waals surface area contributed by atoms with Crippen LogP contribution in [0.5, 0.6) is 0 Å². The van der Waals surface area contributed by atoms with Crippen molar-refractivity contribution in [3.8, 4) is 0 Å². The lowest BCUT2D eigenvalue weighted by atomic mass is 10.1. The molecule has 0 spiro atoms. The zero-order chi connectivity index (χ0) is 23.2. The van der Waals surface area contributed by atoms with E-state index in [2.05, 4.69) is 0 Å². The standard InChI is InChI=1S/C24H29N3O4S/c1-16-5-7-20(8-6-16)27-22(28)15-21(24(27)29)25-9-11-26(12-10-25)32(30,31)23-18(3)13-17(2)14-19(23)4/h5-8,13-14,21H,9-12,15H2,1-4H3/t21-/m1/s1. The number of aryl methyl sites for hydroxylation is 4. The lowest BCUT2D eigenvalue weighted by Crippen LogP contribution is -2.53. The molecule has 0 unspecified atom stereocenters. The molecule has 2 heterocycles. The van der Waals surface area contributed by atoms with Crippen LogP contribution in [0.25, 0.3) is 0 Å². The number of anilines is 1. The highest BCUT2D eigenvalue weighted by Gasteiger charge is 2.44. The van der Waals surface area contributed by atoms with Gasteiger partial charge >= 0.3 is 0 Å². The monoisotopic (exact) mass is 455 g/mol. The first kappa shape index (κ1) is 22.6. The molecule has 2 amide bonds. The molecule has 0 aliphatic carbocycles. The molecule has 2 aliphatic rings. The summed E-state index contributed by atoms with van der Waals surface area (Å²) in [5.74, 6) is -0.454. The maximum atomic E-state index is 13.3. The second-order valence-corrected chi connectivity index (χ2v) is 10.7. The summed E-state index contributed by atoms with van der Waals surface area (Å²) < 4.78 is 28.1. The smallest absolute Gasteiger partial charge is 0.251 e. The van der Waals surface area contributed by atoms with Gasteiger partial charge in [0.2, 0.25) is 15.9 Å². The number of benzene rings is 2. The van der Waals surface area contributed by atoms with Crippen LogP contribution in [0, 0.1) is 27.7 Å². The van der Waals surface area contributed by atoms with Crippen molar-refractivity contribution in [2.75, 3.05) is 31.1 Å². The first-order valence-electron chi connectivity index (χ1n) is 10.8. The van der Waals surface area contributed by atoms with E-state index in [1.165, 1.54) is 9.21 Å². The van der Waals surface area contributed by atoms with Crippen molar-refractivity contribution in [1.29, 1.82) is 0 Å². The number of hydrogen-bond acceptors (Lipinski definition) is 5. The second kappa shape index (κ2) is 8.42. The highest BCUT2D eigenvalue weighted by Crippen LogP contribution is 2.29. The summed E-state index contributed by atoms with van der Waals surface area (Å²) in [5.41, 5.74) is 4.16. The molecule has 2 fully saturated rings. The van der Waals surface area contributed by atoms with Gasteiger partial charge in [-0.2, -0.15) is 4.31 Å². The summed E-state index contributed by atoms with van der Waals surface area (Å²) in [4.78, 5) is 29.2. The molecule has 0 N–H and O–H groups in total. The van der Waals surface area contributed by atoms with Crippen LogP contribution >= 0.6 is 0 Å². The Morgan fingerprint density at radius 1 is 0.812 bits per heavy atom. The number of sulfonamides is 1. The van der Waals surface area contributed by atoms with Gasteiger partial charge < -0.3 is 0 Å². The predicted octanol–water partition coefficient (Wildman–Crippen LogP) is 2.56. The van der Waals surface area contributed by atoms with Crippen molar-refractivity contribution in [2.24, 2.45) is 0 Å². The Balaban J connectivity index is 1.48. The molecule has 2 aliphatic heterocycles. The van der Waals surface area contributed by atoms with E-state index in [0.29, 0.717) is 23.7 Å². The lowest BCUT2D eigenvalue weighted by molar-refractivity contribution is -0.123. The van der Waals surface area contributed by atoms with Gasteiger partial charge in [-0.1, -0.05) is 35.4 Å². The Bertz CT molecular complexity index is 1140. The number of imide groups is 1. The Hall–Kier alpha value is -2.55. The van der Waals surface area contributed by atoms with Gasteiger partial charge in [0.15, 0.2) is 0 Å². The molecule has 0 bridgehead atoms. The van der Waals surface area contributed by atoms with Crippen molar-refractivity contribution in [3.63, 3.8) is 0 Å². The fourth-order valence-electron chi connectivity index (χ4n) is 4.82. The molecule has 2 saturated heterocycles. The Morgan fingerprint density at radius 2 is 1.38 bits per heavy atom. The van der Waals surface area contributed by atoms with Crippen LogP contribution in [0.15, 0.2) is 41.3 Å². The van der Waals surface area contributed by atoms with E-state index in [1.54, 1.807) is 12.1 Å². The molecule has 170 valence electrons. The number of rotatable bonds is 4. The van der Waals surface area contributed by atoms with Crippen LogP contribution in [0.4, 0.5) is 5.69 Å². The number of piperazine rings is 1. The van der Waals surface area contributed by atoms with Crippen molar-refractivity contribution in [3.05, 3.63) is 58.7 Å². The molecule has 1 atom stereocenters. The highest BCUT2D eigenvalue weighted by molar-refractivity contribution is 7.89. The van der Waals surface area contributed by atoms with E-state index < -0.39 is 16.1 Å². The van der Waals surface area contributed by atoms with Gasteiger partial charge in [-0.25, -0.2) is 13.3 Å². The van der Waals surface area contributed by atoms with Crippen LogP contribution in [0.2, 0.25) is 0 Å². The Kier molecular flexibility index (Phi) is 5.96. The van der Waals surface area contributed by atoms with Gasteiger partial charge in [0, 0.05) is 26.2 Å². The van der Waals surface area contributed by atoms with Crippen LogP contribution in [0.3, 0.4) is 0 Å². The SMILES string of the molecule is Cc1ccc(N2C(=O)C[C@@H](N3CCN(S(=O)(=O)c4c(C)cc(C)cc4C)CC3)C2=O)cc1. The number of carbonyl (C=O) groups is 2. The zero-order valence-corrected chi connectivity index (χ0v) is 19.8. The van der Waals surface area contributed by atoms with Gasteiger partial charge in [0.25, 0.3) is 5.91 Å². The van der Waals surface area contributed by atoms with E-state index in [1.807, 2.05) is 56.9 Å². The third-order valence-electron chi connectivity index (χ3n) is 6.33. The number of carbonyl (C=O) groups excluding carboxylic acids is 2. The molecule has 0 saturated carbocycles. The van der Waals surface area contributed by atoms with Gasteiger partial charge in [-0.05, 0) is 51.0 Å². The molecule has 8 heteroatoms. The molecule has 32 heavy (non-hydrogen) atoms. The van der Waals surface area contributed by atoms with Crippen molar-refractivity contribution < 1.29 is 18.0 Å². The van der Waals surface area contributed by atoms with Crippen LogP contribution in [-0.4, -0.2) is 61.7 Å². The summed E-state index contributed by atoms with van der Waals surface area (Å²) in [6, 6.07) is 10.5. The molecular formula is C24H29N3O4S. The van der Waals surface area contributed by atoms with Gasteiger partial charge in [-0.15, -0.1) is 0 Å². The average molecular weight is 456 g/mol. The van der Waals surface area contributed by atoms with E-state index in [0.717, 1.165) is 22.3 Å². The quantitative estimate of drug-likeness (QED) is 0.662.